The first-order valence-corrected chi connectivity index (χ1v) is 47.7. The Hall–Kier alpha value is -10.2. The zero-order chi connectivity index (χ0) is 105. The highest BCUT2D eigenvalue weighted by atomic mass is 79.9. The zero-order valence-corrected chi connectivity index (χ0v) is 87.3. The van der Waals surface area contributed by atoms with E-state index in [1.807, 2.05) is 19.1 Å². The largest absolute Gasteiger partial charge is 0.488 e. The Kier molecular flexibility index (Phi) is 41.9. The summed E-state index contributed by atoms with van der Waals surface area (Å²) in [6.07, 6.45) is -24.4. The summed E-state index contributed by atoms with van der Waals surface area (Å²) in [5.41, 5.74) is 6.72. The molecule has 0 radical (unpaired) electrons. The van der Waals surface area contributed by atoms with Crippen LogP contribution in [0.5, 0.6) is 34.5 Å². The average molecular weight is 2450 g/mol. The monoisotopic (exact) mass is 2440 g/mol. The van der Waals surface area contributed by atoms with E-state index in [1.165, 1.54) is 48.5 Å². The second-order valence-electron chi connectivity index (χ2n) is 31.5. The molecule has 0 aromatic heterocycles. The molecule has 12 nitrogen and oxygen atoms in total. The predicted octanol–water partition coefficient (Wildman–Crippen LogP) is 34.2. The van der Waals surface area contributed by atoms with Crippen LogP contribution in [0.25, 0.3) is 0 Å². The van der Waals surface area contributed by atoms with Crippen LogP contribution < -0.4 is 28.4 Å². The molecule has 141 heavy (non-hydrogen) atoms. The van der Waals surface area contributed by atoms with E-state index >= 15 is 0 Å². The molecular weight excluding hydrogens is 2370 g/mol. The van der Waals surface area contributed by atoms with Crippen molar-refractivity contribution < 1.29 is 136 Å². The van der Waals surface area contributed by atoms with Crippen molar-refractivity contribution in [2.24, 2.45) is 0 Å². The molecule has 0 atom stereocenters. The Morgan fingerprint density at radius 1 is 0.284 bits per heavy atom. The molecule has 0 amide bonds. The third-order valence-corrected chi connectivity index (χ3v) is 24.7. The highest BCUT2D eigenvalue weighted by Gasteiger charge is 2.41. The number of alkyl halides is 18. The fourth-order valence-corrected chi connectivity index (χ4v) is 16.8. The van der Waals surface area contributed by atoms with Crippen molar-refractivity contribution in [2.75, 3.05) is 0 Å². The van der Waals surface area contributed by atoms with Crippen LogP contribution in [0.15, 0.2) is 223 Å². The average Bonchev–Trinajstić information content (AvgIpc) is 1.71. The van der Waals surface area contributed by atoms with Crippen LogP contribution in [0.2, 0.25) is 5.02 Å². The quantitative estimate of drug-likeness (QED) is 0.0374. The maximum absolute atomic E-state index is 13.2. The molecule has 0 heterocycles. The standard InChI is InChI=1S/C19H16BrF3O2.C18H16BrF3O2.2C17H14BrF3O2.C16H11Br2F3O2.C16H11BrClF3O2/c1-11-5-8-17(16(9-11)19(21,22)23)25-10-15-13(12-6-7-12)3-2-4-14(15)18(20)24;1-3-12-5-4-6-13(17(19)23)14(12)10-24-16-8-7-11(2)9-15(16)18(20,21)22;2*1-10-6-7-15(14(8-10)17(19,20)21)23-9-13-11(2)4-3-5-12(13)16(18)22;1-9-5-6-14(12(7-9)16(19,20)21)23-8-11-10(15(18)22)3-2-4-13(11)17;1-9-5-6-14(12(7-9)16(19,20)21)23-8-11-10(15(17)22)3-2-4-13(11)18/h2-5,8-9,12H,6-7,10H2,1H3;4-9H,3,10H2,1-2H3;2*3-8H,9H2,1-2H3;2*2-7H,8H2,1H3. The van der Waals surface area contributed by atoms with Gasteiger partial charge in [0, 0.05) is 76.3 Å². The predicted molar refractivity (Wildman–Crippen MR) is 525 cm³/mol. The van der Waals surface area contributed by atoms with Crippen LogP contribution in [0.1, 0.15) is 210 Å². The lowest BCUT2D eigenvalue weighted by molar-refractivity contribution is -0.139. The van der Waals surface area contributed by atoms with Gasteiger partial charge < -0.3 is 28.4 Å². The first-order valence-electron chi connectivity index (χ1n) is 41.8. The van der Waals surface area contributed by atoms with E-state index in [2.05, 4.69) is 112 Å². The van der Waals surface area contributed by atoms with Crippen molar-refractivity contribution >= 4 is 151 Å². The van der Waals surface area contributed by atoms with Gasteiger partial charge in [-0.05, 0) is 289 Å². The van der Waals surface area contributed by atoms with E-state index in [-0.39, 0.29) is 108 Å². The molecule has 1 aliphatic rings. The number of benzene rings is 12. The van der Waals surface area contributed by atoms with Crippen molar-refractivity contribution in [1.82, 2.24) is 0 Å². The van der Waals surface area contributed by atoms with Crippen molar-refractivity contribution in [1.29, 1.82) is 0 Å². The van der Waals surface area contributed by atoms with E-state index in [4.69, 9.17) is 40.0 Å². The van der Waals surface area contributed by atoms with Gasteiger partial charge in [0.15, 0.2) is 0 Å². The normalized spacial score (nSPS) is 11.9. The summed E-state index contributed by atoms with van der Waals surface area (Å²) in [4.78, 5) is 69.8. The van der Waals surface area contributed by atoms with Gasteiger partial charge in [-0.1, -0.05) is 195 Å². The number of hydrogen-bond donors (Lipinski definition) is 0. The molecular formula is C103H82Br7ClF18O12. The number of rotatable bonds is 26. The smallest absolute Gasteiger partial charge is 0.419 e. The summed E-state index contributed by atoms with van der Waals surface area (Å²) in [7, 11) is 0. The molecule has 1 saturated carbocycles. The lowest BCUT2D eigenvalue weighted by Gasteiger charge is -2.17. The van der Waals surface area contributed by atoms with Crippen molar-refractivity contribution in [2.45, 2.75) is 164 Å². The lowest BCUT2D eigenvalue weighted by atomic mass is 9.99. The second-order valence-corrected chi connectivity index (χ2v) is 37.1. The summed E-state index contributed by atoms with van der Waals surface area (Å²) in [5, 5.41) is 0.246. The molecule has 1 fully saturated rings. The Balaban J connectivity index is 0.000000207. The molecule has 13 rings (SSSR count). The van der Waals surface area contributed by atoms with Gasteiger partial charge in [-0.2, -0.15) is 79.0 Å². The van der Waals surface area contributed by atoms with Gasteiger partial charge in [0.2, 0.25) is 28.2 Å². The molecule has 12 aromatic rings. The number of aryl methyl sites for hydroxylation is 9. The molecule has 748 valence electrons. The van der Waals surface area contributed by atoms with Gasteiger partial charge in [-0.15, -0.1) is 0 Å². The summed E-state index contributed by atoms with van der Waals surface area (Å²) in [6, 6.07) is 53.6. The summed E-state index contributed by atoms with van der Waals surface area (Å²) < 4.78 is 267. The van der Waals surface area contributed by atoms with Crippen LogP contribution in [-0.4, -0.2) is 28.2 Å². The minimum absolute atomic E-state index is 0.0779. The van der Waals surface area contributed by atoms with E-state index in [9.17, 15) is 108 Å². The molecule has 0 saturated heterocycles. The topological polar surface area (TPSA) is 158 Å². The second kappa shape index (κ2) is 50.9. The van der Waals surface area contributed by atoms with E-state index in [0.29, 0.717) is 111 Å². The van der Waals surface area contributed by atoms with E-state index in [0.717, 1.165) is 71.5 Å². The molecule has 1 aliphatic carbocycles. The minimum atomic E-state index is -4.53. The Morgan fingerprint density at radius 2 is 0.504 bits per heavy atom. The third-order valence-electron chi connectivity index (χ3n) is 21.1. The first-order chi connectivity index (χ1) is 65.8. The van der Waals surface area contributed by atoms with Gasteiger partial charge in [0.25, 0.3) is 0 Å². The maximum Gasteiger partial charge on any atom is 0.419 e. The minimum Gasteiger partial charge on any atom is -0.488 e. The molecule has 12 aromatic carbocycles. The fourth-order valence-electron chi connectivity index (χ4n) is 13.8. The molecule has 0 unspecified atom stereocenters. The van der Waals surface area contributed by atoms with Gasteiger partial charge >= 0.3 is 37.1 Å². The van der Waals surface area contributed by atoms with Gasteiger partial charge in [0.1, 0.15) is 74.1 Å². The van der Waals surface area contributed by atoms with Crippen LogP contribution in [0, 0.1) is 55.4 Å². The number of hydrogen-bond acceptors (Lipinski definition) is 12. The first kappa shape index (κ1) is 116. The van der Waals surface area contributed by atoms with Crippen molar-refractivity contribution in [3.8, 4) is 34.5 Å². The van der Waals surface area contributed by atoms with E-state index in [1.54, 1.807) is 177 Å². The SMILES string of the molecule is CCc1cccc(C(=O)Br)c1COc1ccc(C)cc1C(F)(F)F.Cc1ccc(OCc2c(Br)cccc2C(=O)Br)c(C(F)(F)F)c1.Cc1ccc(OCc2c(C(=O)Br)cccc2C2CC2)c(C(F)(F)F)c1.Cc1ccc(OCc2c(C)cccc2C(=O)Br)c(C(F)(F)F)c1.Cc1ccc(OCc2c(C)cccc2C(=O)Br)c(C(F)(F)F)c1.Cc1ccc(OCc2c(Cl)cccc2C(=O)Br)c(C(F)(F)F)c1. The van der Waals surface area contributed by atoms with Gasteiger partial charge in [-0.3, -0.25) is 28.8 Å². The third kappa shape index (κ3) is 33.7. The highest BCUT2D eigenvalue weighted by molar-refractivity contribution is 9.19. The van der Waals surface area contributed by atoms with E-state index < -0.39 is 75.1 Å². The van der Waals surface area contributed by atoms with Crippen LogP contribution in [0.3, 0.4) is 0 Å². The summed E-state index contributed by atoms with van der Waals surface area (Å²) >= 11 is 26.6. The zero-order valence-electron chi connectivity index (χ0n) is 75.5. The number of carbonyl (C=O) groups is 6. The maximum atomic E-state index is 13.2. The highest BCUT2D eigenvalue weighted by Crippen LogP contribution is 2.47. The molecule has 0 aliphatic heterocycles. The molecule has 0 spiro atoms. The fraction of sp³-hybridized carbons (Fsp3) is 0.243. The summed E-state index contributed by atoms with van der Waals surface area (Å²) in [6.45, 7) is 14.1. The molecule has 0 bridgehead atoms. The Morgan fingerprint density at radius 3 is 0.780 bits per heavy atom. The van der Waals surface area contributed by atoms with Crippen molar-refractivity contribution in [3.05, 3.63) is 384 Å². The number of carbonyl (C=O) groups excluding carboxylic acids is 6. The van der Waals surface area contributed by atoms with Crippen LogP contribution in [0.4, 0.5) is 79.0 Å². The lowest BCUT2D eigenvalue weighted by Crippen LogP contribution is -2.11. The molecule has 38 heteroatoms. The number of ether oxygens (including phenoxy) is 6. The molecule has 0 N–H and O–H groups in total. The van der Waals surface area contributed by atoms with Gasteiger partial charge in [0.05, 0.1) is 33.4 Å². The number of halogens is 26. The van der Waals surface area contributed by atoms with Gasteiger partial charge in [-0.25, -0.2) is 0 Å². The van der Waals surface area contributed by atoms with Crippen LogP contribution in [-0.2, 0) is 83.1 Å². The Bertz CT molecular complexity index is 6030. The van der Waals surface area contributed by atoms with Crippen LogP contribution >= 0.6 is 123 Å². The van der Waals surface area contributed by atoms with Crippen molar-refractivity contribution in [3.63, 3.8) is 0 Å². The Labute approximate surface area is 862 Å². The summed E-state index contributed by atoms with van der Waals surface area (Å²) in [5.74, 6) is -1.20.